The maximum absolute atomic E-state index is 4.88. The first-order chi connectivity index (χ1) is 24.2. The lowest BCUT2D eigenvalue weighted by Crippen LogP contribution is -2.09. The number of pyridine rings is 1. The summed E-state index contributed by atoms with van der Waals surface area (Å²) in [6.45, 7) is 0. The molecule has 4 heteroatoms. The summed E-state index contributed by atoms with van der Waals surface area (Å²) in [5.74, 6) is 0. The molecule has 3 heterocycles. The summed E-state index contributed by atoms with van der Waals surface area (Å²) in [5, 5.41) is 7.65. The van der Waals surface area contributed by atoms with E-state index in [9.17, 15) is 0 Å². The molecule has 0 saturated heterocycles. The molecule has 0 aliphatic carbocycles. The molecule has 0 amide bonds. The van der Waals surface area contributed by atoms with Crippen LogP contribution in [0.3, 0.4) is 0 Å². The van der Waals surface area contributed by atoms with Gasteiger partial charge in [0.1, 0.15) is 0 Å². The van der Waals surface area contributed by atoms with Crippen LogP contribution in [0.2, 0.25) is 0 Å². The third kappa shape index (κ3) is 4.88. The largest absolute Gasteiger partial charge is 0.310 e. The normalized spacial score (nSPS) is 11.7. The summed E-state index contributed by atoms with van der Waals surface area (Å²) in [6, 6.07) is 59.5. The van der Waals surface area contributed by atoms with Crippen molar-refractivity contribution in [3.63, 3.8) is 0 Å². The number of rotatable bonds is 5. The summed E-state index contributed by atoms with van der Waals surface area (Å²) >= 11 is 3.65. The molecule has 7 aromatic carbocycles. The van der Waals surface area contributed by atoms with Gasteiger partial charge >= 0.3 is 0 Å². The van der Waals surface area contributed by atoms with E-state index in [0.717, 1.165) is 28.3 Å². The highest BCUT2D eigenvalue weighted by atomic mass is 32.1. The molecule has 0 radical (unpaired) electrons. The van der Waals surface area contributed by atoms with Crippen LogP contribution in [0.15, 0.2) is 170 Å². The summed E-state index contributed by atoms with van der Waals surface area (Å²) in [4.78, 5) is 7.24. The van der Waals surface area contributed by atoms with Crippen LogP contribution in [0.1, 0.15) is 0 Å². The Morgan fingerprint density at radius 3 is 1.65 bits per heavy atom. The van der Waals surface area contributed by atoms with Crippen LogP contribution >= 0.6 is 22.7 Å². The highest BCUT2D eigenvalue weighted by Crippen LogP contribution is 2.42. The standard InChI is InChI=1S/C45H28N2S2/c1-2-8-32-25-33(14-13-29(32)7-1)30-15-19-34(20-16-30)47(36-23-24-44-39(26-36)37-9-3-5-11-42(37)48-44)35-21-17-31(18-22-35)41-27-40-38-10-4-6-12-43(38)49-45(40)28-46-41/h1-28H. The molecule has 230 valence electrons. The Hall–Kier alpha value is -5.81. The summed E-state index contributed by atoms with van der Waals surface area (Å²) in [5.41, 5.74) is 7.85. The minimum atomic E-state index is 0.986. The predicted octanol–water partition coefficient (Wildman–Crippen LogP) is 13.8. The van der Waals surface area contributed by atoms with E-state index in [0.29, 0.717) is 0 Å². The van der Waals surface area contributed by atoms with Gasteiger partial charge in [-0.25, -0.2) is 0 Å². The van der Waals surface area contributed by atoms with Crippen LogP contribution in [0, 0.1) is 0 Å². The first-order valence-corrected chi connectivity index (χ1v) is 18.1. The fraction of sp³-hybridized carbons (Fsp3) is 0. The lowest BCUT2D eigenvalue weighted by molar-refractivity contribution is 1.29. The van der Waals surface area contributed by atoms with E-state index in [1.165, 1.54) is 62.2 Å². The number of hydrogen-bond donors (Lipinski definition) is 0. The Balaban J connectivity index is 1.07. The fourth-order valence-corrected chi connectivity index (χ4v) is 9.18. The van der Waals surface area contributed by atoms with E-state index in [2.05, 4.69) is 169 Å². The van der Waals surface area contributed by atoms with Crippen molar-refractivity contribution in [2.45, 2.75) is 0 Å². The zero-order valence-corrected chi connectivity index (χ0v) is 28.0. The molecule has 0 fully saturated rings. The maximum Gasteiger partial charge on any atom is 0.0709 e. The van der Waals surface area contributed by atoms with Crippen LogP contribution in [-0.4, -0.2) is 4.98 Å². The zero-order valence-electron chi connectivity index (χ0n) is 26.4. The summed E-state index contributed by atoms with van der Waals surface area (Å²) < 4.78 is 5.13. The van der Waals surface area contributed by atoms with Crippen molar-refractivity contribution in [3.05, 3.63) is 170 Å². The van der Waals surface area contributed by atoms with E-state index >= 15 is 0 Å². The first-order valence-electron chi connectivity index (χ1n) is 16.4. The van der Waals surface area contributed by atoms with Gasteiger partial charge in [-0.15, -0.1) is 22.7 Å². The van der Waals surface area contributed by atoms with E-state index in [-0.39, 0.29) is 0 Å². The Morgan fingerprint density at radius 2 is 0.918 bits per heavy atom. The number of nitrogens with zero attached hydrogens (tertiary/aromatic N) is 2. The van der Waals surface area contributed by atoms with Crippen LogP contribution < -0.4 is 4.90 Å². The number of fused-ring (bicyclic) bond motifs is 7. The second-order valence-electron chi connectivity index (χ2n) is 12.4. The van der Waals surface area contributed by atoms with Crippen molar-refractivity contribution >= 4 is 90.9 Å². The van der Waals surface area contributed by atoms with Gasteiger partial charge in [0.2, 0.25) is 0 Å². The molecule has 3 aromatic heterocycles. The van der Waals surface area contributed by atoms with Crippen LogP contribution in [0.5, 0.6) is 0 Å². The highest BCUT2D eigenvalue weighted by molar-refractivity contribution is 7.26. The minimum Gasteiger partial charge on any atom is -0.310 e. The Bertz CT molecular complexity index is 2830. The van der Waals surface area contributed by atoms with Crippen molar-refractivity contribution in [2.24, 2.45) is 0 Å². The fourth-order valence-electron chi connectivity index (χ4n) is 7.04. The maximum atomic E-state index is 4.88. The molecule has 0 aliphatic rings. The van der Waals surface area contributed by atoms with E-state index in [1.807, 2.05) is 17.5 Å². The molecule has 0 aliphatic heterocycles. The van der Waals surface area contributed by atoms with E-state index in [4.69, 9.17) is 4.98 Å². The predicted molar refractivity (Wildman–Crippen MR) is 213 cm³/mol. The lowest BCUT2D eigenvalue weighted by atomic mass is 10.0. The van der Waals surface area contributed by atoms with Gasteiger partial charge in [0.05, 0.1) is 10.4 Å². The Kier molecular flexibility index (Phi) is 6.57. The monoisotopic (exact) mass is 660 g/mol. The molecular formula is C45H28N2S2. The molecule has 0 atom stereocenters. The van der Waals surface area contributed by atoms with Crippen molar-refractivity contribution in [1.82, 2.24) is 4.98 Å². The topological polar surface area (TPSA) is 16.1 Å². The first kappa shape index (κ1) is 28.2. The third-order valence-corrected chi connectivity index (χ3v) is 11.8. The molecule has 2 nitrogen and oxygen atoms in total. The quantitative estimate of drug-likeness (QED) is 0.183. The minimum absolute atomic E-state index is 0.986. The molecule has 10 rings (SSSR count). The average Bonchev–Trinajstić information content (AvgIpc) is 3.73. The van der Waals surface area contributed by atoms with Gasteiger partial charge < -0.3 is 4.90 Å². The van der Waals surface area contributed by atoms with Gasteiger partial charge in [0, 0.05) is 64.5 Å². The van der Waals surface area contributed by atoms with Gasteiger partial charge in [0.25, 0.3) is 0 Å². The Labute approximate surface area is 291 Å². The zero-order chi connectivity index (χ0) is 32.3. The number of aromatic nitrogens is 1. The van der Waals surface area contributed by atoms with E-state index < -0.39 is 0 Å². The van der Waals surface area contributed by atoms with Gasteiger partial charge in [-0.2, -0.15) is 0 Å². The number of anilines is 3. The van der Waals surface area contributed by atoms with Crippen LogP contribution in [0.25, 0.3) is 73.5 Å². The SMILES string of the molecule is c1ccc2cc(-c3ccc(N(c4ccc(-c5cc6c(cn5)sc5ccccc56)cc4)c4ccc5sc6ccccc6c5c4)cc3)ccc2c1. The number of benzene rings is 7. The molecule has 49 heavy (non-hydrogen) atoms. The third-order valence-electron chi connectivity index (χ3n) is 9.51. The van der Waals surface area contributed by atoms with Crippen molar-refractivity contribution in [1.29, 1.82) is 0 Å². The smallest absolute Gasteiger partial charge is 0.0709 e. The highest BCUT2D eigenvalue weighted by Gasteiger charge is 2.16. The van der Waals surface area contributed by atoms with Gasteiger partial charge in [-0.3, -0.25) is 4.98 Å². The molecule has 10 aromatic rings. The summed E-state index contributed by atoms with van der Waals surface area (Å²) in [6.07, 6.45) is 2.02. The molecular weight excluding hydrogens is 633 g/mol. The van der Waals surface area contributed by atoms with Crippen molar-refractivity contribution in [2.75, 3.05) is 4.90 Å². The van der Waals surface area contributed by atoms with Crippen molar-refractivity contribution in [3.8, 4) is 22.4 Å². The van der Waals surface area contributed by atoms with Gasteiger partial charge in [-0.1, -0.05) is 97.1 Å². The number of thiophene rings is 2. The Morgan fingerprint density at radius 1 is 0.367 bits per heavy atom. The molecule has 0 unspecified atom stereocenters. The van der Waals surface area contributed by atoms with Gasteiger partial charge in [0.15, 0.2) is 0 Å². The molecule has 0 spiro atoms. The van der Waals surface area contributed by atoms with Crippen LogP contribution in [0.4, 0.5) is 17.1 Å². The molecule has 0 N–H and O–H groups in total. The van der Waals surface area contributed by atoms with Gasteiger partial charge in [-0.05, 0) is 88.6 Å². The second-order valence-corrected chi connectivity index (χ2v) is 14.6. The summed E-state index contributed by atoms with van der Waals surface area (Å²) in [7, 11) is 0. The average molecular weight is 661 g/mol. The second kappa shape index (κ2) is 11.4. The lowest BCUT2D eigenvalue weighted by Gasteiger charge is -2.26. The van der Waals surface area contributed by atoms with Crippen LogP contribution in [-0.2, 0) is 0 Å². The van der Waals surface area contributed by atoms with Crippen molar-refractivity contribution < 1.29 is 0 Å². The molecule has 0 bridgehead atoms. The van der Waals surface area contributed by atoms with E-state index in [1.54, 1.807) is 11.3 Å². The molecule has 0 saturated carbocycles. The number of hydrogen-bond acceptors (Lipinski definition) is 4.